The lowest BCUT2D eigenvalue weighted by Gasteiger charge is -2.30. The molecule has 0 spiro atoms. The van der Waals surface area contributed by atoms with Gasteiger partial charge in [0.25, 0.3) is 0 Å². The highest BCUT2D eigenvalue weighted by molar-refractivity contribution is 5.25. The van der Waals surface area contributed by atoms with Crippen molar-refractivity contribution in [2.24, 2.45) is 0 Å². The van der Waals surface area contributed by atoms with Gasteiger partial charge in [0, 0.05) is 18.8 Å². The third kappa shape index (κ3) is 1.71. The number of hydrogen-bond acceptors (Lipinski definition) is 1. The van der Waals surface area contributed by atoms with Crippen LogP contribution in [0.25, 0.3) is 0 Å². The van der Waals surface area contributed by atoms with Crippen LogP contribution in [0, 0.1) is 6.42 Å². The van der Waals surface area contributed by atoms with Crippen molar-refractivity contribution in [2.45, 2.75) is 25.7 Å². The summed E-state index contributed by atoms with van der Waals surface area (Å²) in [6.45, 7) is 2.52. The minimum Gasteiger partial charge on any atom is -0.372 e. The lowest BCUT2D eigenvalue weighted by molar-refractivity contribution is 0.292. The van der Waals surface area contributed by atoms with Crippen LogP contribution < -0.4 is 0 Å². The summed E-state index contributed by atoms with van der Waals surface area (Å²) >= 11 is 0. The second-order valence-corrected chi connectivity index (χ2v) is 3.51. The van der Waals surface area contributed by atoms with E-state index in [-0.39, 0.29) is 0 Å². The Morgan fingerprint density at radius 3 is 2.58 bits per heavy atom. The van der Waals surface area contributed by atoms with Crippen LogP contribution in [0.4, 0.5) is 0 Å². The van der Waals surface area contributed by atoms with Gasteiger partial charge in [-0.15, -0.1) is 0 Å². The summed E-state index contributed by atoms with van der Waals surface area (Å²) < 4.78 is 0. The summed E-state index contributed by atoms with van der Waals surface area (Å²) in [6, 6.07) is 0. The highest BCUT2D eigenvalue weighted by Crippen LogP contribution is 2.18. The largest absolute Gasteiger partial charge is 0.372 e. The molecule has 0 unspecified atom stereocenters. The number of likely N-dealkylation sites (tertiary alicyclic amines) is 1. The molecule has 0 N–H and O–H groups in total. The Balaban J connectivity index is 1.97. The van der Waals surface area contributed by atoms with Gasteiger partial charge in [-0.1, -0.05) is 12.2 Å². The number of hydrogen-bond donors (Lipinski definition) is 0. The van der Waals surface area contributed by atoms with Crippen LogP contribution in [0.1, 0.15) is 25.7 Å². The molecule has 0 saturated carbocycles. The Labute approximate surface area is 74.8 Å². The molecular formula is C11H16N. The highest BCUT2D eigenvalue weighted by Gasteiger charge is 2.11. The van der Waals surface area contributed by atoms with E-state index in [1.165, 1.54) is 38.0 Å². The van der Waals surface area contributed by atoms with E-state index in [0.717, 1.165) is 6.42 Å². The van der Waals surface area contributed by atoms with Gasteiger partial charge in [-0.2, -0.15) is 0 Å². The monoisotopic (exact) mass is 162 g/mol. The lowest BCUT2D eigenvalue weighted by Crippen LogP contribution is -2.28. The fourth-order valence-electron chi connectivity index (χ4n) is 1.89. The van der Waals surface area contributed by atoms with E-state index >= 15 is 0 Å². The standard InChI is InChI=1S/C11H16N/c1-3-7-11(8-4-1)12-9-5-2-6-10-12/h1,3,7-8H,2,4-6,9-10H2. The molecule has 1 heteroatoms. The summed E-state index contributed by atoms with van der Waals surface area (Å²) in [5.41, 5.74) is 1.44. The molecule has 1 fully saturated rings. The lowest BCUT2D eigenvalue weighted by atomic mass is 10.1. The van der Waals surface area contributed by atoms with Crippen LogP contribution in [-0.4, -0.2) is 18.0 Å². The van der Waals surface area contributed by atoms with Gasteiger partial charge in [0.1, 0.15) is 0 Å². The first kappa shape index (κ1) is 7.90. The first-order valence-electron chi connectivity index (χ1n) is 4.92. The zero-order valence-corrected chi connectivity index (χ0v) is 7.50. The molecule has 1 radical (unpaired) electrons. The molecule has 1 saturated heterocycles. The van der Waals surface area contributed by atoms with E-state index in [4.69, 9.17) is 0 Å². The van der Waals surface area contributed by atoms with Crippen LogP contribution in [-0.2, 0) is 0 Å². The van der Waals surface area contributed by atoms with Crippen molar-refractivity contribution in [1.82, 2.24) is 4.90 Å². The average molecular weight is 162 g/mol. The van der Waals surface area contributed by atoms with Gasteiger partial charge in [-0.25, -0.2) is 0 Å². The van der Waals surface area contributed by atoms with E-state index in [0.29, 0.717) is 0 Å². The van der Waals surface area contributed by atoms with E-state index in [1.54, 1.807) is 0 Å². The molecule has 65 valence electrons. The summed E-state index contributed by atoms with van der Waals surface area (Å²) in [5, 5.41) is 0. The van der Waals surface area contributed by atoms with Crippen molar-refractivity contribution in [3.05, 3.63) is 30.3 Å². The highest BCUT2D eigenvalue weighted by atomic mass is 15.1. The van der Waals surface area contributed by atoms with Crippen molar-refractivity contribution in [2.75, 3.05) is 13.1 Å². The maximum atomic E-state index is 2.51. The zero-order valence-electron chi connectivity index (χ0n) is 7.50. The summed E-state index contributed by atoms with van der Waals surface area (Å²) in [7, 11) is 0. The number of piperidine rings is 1. The quantitative estimate of drug-likeness (QED) is 0.572. The van der Waals surface area contributed by atoms with Crippen molar-refractivity contribution in [1.29, 1.82) is 0 Å². The molecular weight excluding hydrogens is 146 g/mol. The molecule has 1 aliphatic carbocycles. The van der Waals surface area contributed by atoms with Gasteiger partial charge in [0.15, 0.2) is 0 Å². The van der Waals surface area contributed by atoms with Crippen LogP contribution in [0.5, 0.6) is 0 Å². The predicted molar refractivity (Wildman–Crippen MR) is 51.6 cm³/mol. The van der Waals surface area contributed by atoms with Gasteiger partial charge in [-0.05, 0) is 38.2 Å². The molecule has 0 atom stereocenters. The molecule has 0 amide bonds. The van der Waals surface area contributed by atoms with E-state index in [9.17, 15) is 0 Å². The molecule has 0 bridgehead atoms. The Morgan fingerprint density at radius 2 is 1.92 bits per heavy atom. The smallest absolute Gasteiger partial charge is 0.0322 e. The maximum Gasteiger partial charge on any atom is 0.0322 e. The second kappa shape index (κ2) is 3.79. The summed E-state index contributed by atoms with van der Waals surface area (Å²) in [4.78, 5) is 2.51. The SMILES string of the molecule is [CH]1C=CC(N2CCCCC2)=CC1. The van der Waals surface area contributed by atoms with Crippen molar-refractivity contribution in [3.8, 4) is 0 Å². The molecule has 12 heavy (non-hydrogen) atoms. The average Bonchev–Trinajstić information content (AvgIpc) is 2.21. The van der Waals surface area contributed by atoms with Crippen LogP contribution in [0.3, 0.4) is 0 Å². The molecule has 1 heterocycles. The van der Waals surface area contributed by atoms with Crippen molar-refractivity contribution < 1.29 is 0 Å². The van der Waals surface area contributed by atoms with Gasteiger partial charge < -0.3 is 4.90 Å². The summed E-state index contributed by atoms with van der Waals surface area (Å²) in [5.74, 6) is 0. The van der Waals surface area contributed by atoms with Crippen molar-refractivity contribution in [3.63, 3.8) is 0 Å². The minimum atomic E-state index is 1.11. The van der Waals surface area contributed by atoms with Gasteiger partial charge in [-0.3, -0.25) is 0 Å². The molecule has 0 aromatic rings. The fourth-order valence-corrected chi connectivity index (χ4v) is 1.89. The van der Waals surface area contributed by atoms with Gasteiger partial charge in [0.2, 0.25) is 0 Å². The van der Waals surface area contributed by atoms with E-state index in [1.807, 2.05) is 0 Å². The third-order valence-corrected chi connectivity index (χ3v) is 2.59. The number of nitrogens with zero attached hydrogens (tertiary/aromatic N) is 1. The van der Waals surface area contributed by atoms with Crippen LogP contribution in [0.15, 0.2) is 23.9 Å². The molecule has 1 aliphatic heterocycles. The molecule has 0 aromatic carbocycles. The van der Waals surface area contributed by atoms with Crippen LogP contribution >= 0.6 is 0 Å². The van der Waals surface area contributed by atoms with Gasteiger partial charge >= 0.3 is 0 Å². The Kier molecular flexibility index (Phi) is 2.50. The predicted octanol–water partition coefficient (Wildman–Crippen LogP) is 2.52. The van der Waals surface area contributed by atoms with Gasteiger partial charge in [0.05, 0.1) is 0 Å². The molecule has 2 aliphatic rings. The Hall–Kier alpha value is -0.720. The minimum absolute atomic E-state index is 1.11. The van der Waals surface area contributed by atoms with E-state index < -0.39 is 0 Å². The Morgan fingerprint density at radius 1 is 1.08 bits per heavy atom. The normalized spacial score (nSPS) is 24.0. The first-order valence-corrected chi connectivity index (χ1v) is 4.92. The van der Waals surface area contributed by atoms with Crippen molar-refractivity contribution >= 4 is 0 Å². The van der Waals surface area contributed by atoms with E-state index in [2.05, 4.69) is 29.5 Å². The summed E-state index contributed by atoms with van der Waals surface area (Å²) in [6.07, 6.45) is 14.2. The number of rotatable bonds is 1. The molecule has 1 nitrogen and oxygen atoms in total. The third-order valence-electron chi connectivity index (χ3n) is 2.59. The first-order chi connectivity index (χ1) is 5.97. The maximum absolute atomic E-state index is 2.51. The van der Waals surface area contributed by atoms with Crippen LogP contribution in [0.2, 0.25) is 0 Å². The Bertz CT molecular complexity index is 197. The number of allylic oxidation sites excluding steroid dienone is 3. The second-order valence-electron chi connectivity index (χ2n) is 3.51. The fraction of sp³-hybridized carbons (Fsp3) is 0.545. The molecule has 2 rings (SSSR count). The topological polar surface area (TPSA) is 3.24 Å². The zero-order chi connectivity index (χ0) is 8.23. The molecule has 0 aromatic heterocycles.